The summed E-state index contributed by atoms with van der Waals surface area (Å²) in [7, 11) is 3.18. The van der Waals surface area contributed by atoms with E-state index in [0.29, 0.717) is 29.4 Å². The second kappa shape index (κ2) is 9.66. The highest BCUT2D eigenvalue weighted by atomic mass is 35.5. The highest BCUT2D eigenvalue weighted by Gasteiger charge is 2.18. The quantitative estimate of drug-likeness (QED) is 0.683. The number of halogens is 1. The third-order valence-electron chi connectivity index (χ3n) is 4.87. The molecule has 1 N–H and O–H groups in total. The van der Waals surface area contributed by atoms with E-state index < -0.39 is 0 Å². The molecule has 0 radical (unpaired) electrons. The average Bonchev–Trinajstić information content (AvgIpc) is 2.74. The number of piperazine rings is 1. The minimum absolute atomic E-state index is 0.539. The molecule has 1 aliphatic rings. The number of nitrogens with one attached hydrogen (secondary N) is 1. The van der Waals surface area contributed by atoms with Crippen LogP contribution in [0.25, 0.3) is 0 Å². The summed E-state index contributed by atoms with van der Waals surface area (Å²) in [5.41, 5.74) is 1.92. The molecule has 2 aromatic rings. The molecule has 28 heavy (non-hydrogen) atoms. The van der Waals surface area contributed by atoms with Gasteiger partial charge in [0, 0.05) is 49.6 Å². The molecular formula is C21H26ClN3O3. The van der Waals surface area contributed by atoms with Crippen LogP contribution in [0.15, 0.2) is 36.4 Å². The van der Waals surface area contributed by atoms with Gasteiger partial charge in [0.1, 0.15) is 6.61 Å². The predicted octanol–water partition coefficient (Wildman–Crippen LogP) is 3.56. The SMILES string of the molecule is COc1cc(C=N)cc(OC)c1OCCN1CCN(c2ccc(Cl)cc2)CC1. The molecule has 0 atom stereocenters. The van der Waals surface area contributed by atoms with Crippen molar-refractivity contribution in [3.8, 4) is 17.2 Å². The Bertz CT molecular complexity index is 765. The number of rotatable bonds is 8. The number of hydrogen-bond donors (Lipinski definition) is 1. The minimum atomic E-state index is 0.539. The Labute approximate surface area is 171 Å². The van der Waals surface area contributed by atoms with Gasteiger partial charge >= 0.3 is 0 Å². The van der Waals surface area contributed by atoms with Gasteiger partial charge < -0.3 is 24.5 Å². The van der Waals surface area contributed by atoms with Crippen LogP contribution >= 0.6 is 11.6 Å². The summed E-state index contributed by atoms with van der Waals surface area (Å²) >= 11 is 5.97. The lowest BCUT2D eigenvalue weighted by Gasteiger charge is -2.36. The van der Waals surface area contributed by atoms with Gasteiger partial charge in [-0.1, -0.05) is 11.6 Å². The minimum Gasteiger partial charge on any atom is -0.493 e. The summed E-state index contributed by atoms with van der Waals surface area (Å²) in [6, 6.07) is 11.5. The van der Waals surface area contributed by atoms with Gasteiger partial charge in [0.15, 0.2) is 11.5 Å². The smallest absolute Gasteiger partial charge is 0.203 e. The fourth-order valence-corrected chi connectivity index (χ4v) is 3.41. The van der Waals surface area contributed by atoms with Crippen molar-refractivity contribution in [2.24, 2.45) is 0 Å². The van der Waals surface area contributed by atoms with Crippen LogP contribution < -0.4 is 19.1 Å². The third kappa shape index (κ3) is 4.88. The summed E-state index contributed by atoms with van der Waals surface area (Å²) in [5.74, 6) is 1.73. The fraction of sp³-hybridized carbons (Fsp3) is 0.381. The molecule has 1 fully saturated rings. The summed E-state index contributed by atoms with van der Waals surface area (Å²) < 4.78 is 16.8. The summed E-state index contributed by atoms with van der Waals surface area (Å²) in [6.45, 7) is 5.27. The lowest BCUT2D eigenvalue weighted by atomic mass is 10.2. The zero-order valence-electron chi connectivity index (χ0n) is 16.3. The molecule has 0 aromatic heterocycles. The molecule has 1 aliphatic heterocycles. The van der Waals surface area contributed by atoms with Crippen molar-refractivity contribution in [1.82, 2.24) is 4.90 Å². The Kier molecular flexibility index (Phi) is 7.01. The maximum Gasteiger partial charge on any atom is 0.203 e. The second-order valence-corrected chi connectivity index (χ2v) is 6.99. The van der Waals surface area contributed by atoms with Gasteiger partial charge in [-0.2, -0.15) is 0 Å². The maximum atomic E-state index is 7.42. The van der Waals surface area contributed by atoms with E-state index in [1.165, 1.54) is 11.9 Å². The van der Waals surface area contributed by atoms with Crippen molar-refractivity contribution in [2.75, 3.05) is 58.5 Å². The Morgan fingerprint density at radius 3 is 2.14 bits per heavy atom. The van der Waals surface area contributed by atoms with E-state index in [2.05, 4.69) is 21.9 Å². The van der Waals surface area contributed by atoms with Gasteiger partial charge in [0.05, 0.1) is 14.2 Å². The van der Waals surface area contributed by atoms with Crippen LogP contribution in [0.4, 0.5) is 5.69 Å². The molecule has 3 rings (SSSR count). The number of ether oxygens (including phenoxy) is 3. The van der Waals surface area contributed by atoms with Crippen molar-refractivity contribution in [1.29, 1.82) is 5.41 Å². The van der Waals surface area contributed by atoms with E-state index in [1.54, 1.807) is 26.4 Å². The highest BCUT2D eigenvalue weighted by molar-refractivity contribution is 6.30. The van der Waals surface area contributed by atoms with Crippen LogP contribution in [0, 0.1) is 5.41 Å². The molecule has 0 spiro atoms. The first-order chi connectivity index (χ1) is 13.6. The second-order valence-electron chi connectivity index (χ2n) is 6.55. The van der Waals surface area contributed by atoms with Crippen LogP contribution in [0.1, 0.15) is 5.56 Å². The lowest BCUT2D eigenvalue weighted by molar-refractivity contribution is 0.192. The average molecular weight is 404 g/mol. The molecule has 1 saturated heterocycles. The number of nitrogens with zero attached hydrogens (tertiary/aromatic N) is 2. The number of methoxy groups -OCH3 is 2. The number of benzene rings is 2. The topological polar surface area (TPSA) is 58.0 Å². The molecule has 150 valence electrons. The van der Waals surface area contributed by atoms with E-state index in [-0.39, 0.29) is 0 Å². The molecule has 0 unspecified atom stereocenters. The maximum absolute atomic E-state index is 7.42. The van der Waals surface area contributed by atoms with Gasteiger partial charge in [-0.3, -0.25) is 4.90 Å². The monoisotopic (exact) mass is 403 g/mol. The first kappa shape index (κ1) is 20.3. The van der Waals surface area contributed by atoms with Crippen LogP contribution in [0.5, 0.6) is 17.2 Å². The lowest BCUT2D eigenvalue weighted by Crippen LogP contribution is -2.47. The van der Waals surface area contributed by atoms with Crippen LogP contribution in [-0.4, -0.2) is 64.7 Å². The molecule has 0 amide bonds. The Morgan fingerprint density at radius 1 is 1.00 bits per heavy atom. The van der Waals surface area contributed by atoms with E-state index in [9.17, 15) is 0 Å². The molecule has 1 heterocycles. The molecule has 6 nitrogen and oxygen atoms in total. The molecular weight excluding hydrogens is 378 g/mol. The molecule has 0 saturated carbocycles. The van der Waals surface area contributed by atoms with Crippen molar-refractivity contribution in [3.63, 3.8) is 0 Å². The fourth-order valence-electron chi connectivity index (χ4n) is 3.28. The van der Waals surface area contributed by atoms with Gasteiger partial charge in [-0.25, -0.2) is 0 Å². The van der Waals surface area contributed by atoms with E-state index in [4.69, 9.17) is 31.2 Å². The zero-order chi connectivity index (χ0) is 19.9. The van der Waals surface area contributed by atoms with Gasteiger partial charge in [-0.05, 0) is 42.0 Å². The van der Waals surface area contributed by atoms with Crippen molar-refractivity contribution in [3.05, 3.63) is 47.0 Å². The Balaban J connectivity index is 1.52. The van der Waals surface area contributed by atoms with Crippen molar-refractivity contribution < 1.29 is 14.2 Å². The summed E-state index contributed by atoms with van der Waals surface area (Å²) in [4.78, 5) is 4.76. The largest absolute Gasteiger partial charge is 0.493 e. The number of anilines is 1. The molecule has 7 heteroatoms. The van der Waals surface area contributed by atoms with Crippen LogP contribution in [0.2, 0.25) is 5.02 Å². The first-order valence-electron chi connectivity index (χ1n) is 9.26. The standard InChI is InChI=1S/C21H26ClN3O3/c1-26-19-13-16(15-23)14-20(27-2)21(19)28-12-11-24-7-9-25(10-8-24)18-5-3-17(22)4-6-18/h3-6,13-15,23H,7-12H2,1-2H3. The molecule has 0 aliphatic carbocycles. The van der Waals surface area contributed by atoms with E-state index in [0.717, 1.165) is 37.7 Å². The van der Waals surface area contributed by atoms with Crippen LogP contribution in [0.3, 0.4) is 0 Å². The summed E-state index contributed by atoms with van der Waals surface area (Å²) in [6.07, 6.45) is 1.26. The van der Waals surface area contributed by atoms with E-state index >= 15 is 0 Å². The Hall–Kier alpha value is -2.44. The van der Waals surface area contributed by atoms with Crippen LogP contribution in [-0.2, 0) is 0 Å². The van der Waals surface area contributed by atoms with Gasteiger partial charge in [-0.15, -0.1) is 0 Å². The third-order valence-corrected chi connectivity index (χ3v) is 5.12. The highest BCUT2D eigenvalue weighted by Crippen LogP contribution is 2.38. The molecule has 0 bridgehead atoms. The predicted molar refractivity (Wildman–Crippen MR) is 113 cm³/mol. The van der Waals surface area contributed by atoms with Gasteiger partial charge in [0.25, 0.3) is 0 Å². The van der Waals surface area contributed by atoms with Crippen molar-refractivity contribution >= 4 is 23.5 Å². The number of hydrogen-bond acceptors (Lipinski definition) is 6. The molecule has 2 aromatic carbocycles. The summed E-state index contributed by atoms with van der Waals surface area (Å²) in [5, 5.41) is 8.19. The van der Waals surface area contributed by atoms with Crippen molar-refractivity contribution in [2.45, 2.75) is 0 Å². The van der Waals surface area contributed by atoms with E-state index in [1.807, 2.05) is 12.1 Å². The van der Waals surface area contributed by atoms with Gasteiger partial charge in [0.2, 0.25) is 5.75 Å². The first-order valence-corrected chi connectivity index (χ1v) is 9.64. The zero-order valence-corrected chi connectivity index (χ0v) is 17.0. The Morgan fingerprint density at radius 2 is 1.61 bits per heavy atom. The normalized spacial score (nSPS) is 14.6.